The van der Waals surface area contributed by atoms with Crippen LogP contribution in [0.1, 0.15) is 18.5 Å². The van der Waals surface area contributed by atoms with E-state index in [-0.39, 0.29) is 0 Å². The van der Waals surface area contributed by atoms with Gasteiger partial charge in [0.15, 0.2) is 0 Å². The number of benzene rings is 2. The van der Waals surface area contributed by atoms with E-state index in [0.29, 0.717) is 6.04 Å². The topological polar surface area (TPSA) is 24.9 Å². The van der Waals surface area contributed by atoms with Gasteiger partial charge in [0.2, 0.25) is 0 Å². The second-order valence-corrected chi connectivity index (χ2v) is 6.58. The first kappa shape index (κ1) is 12.9. The van der Waals surface area contributed by atoms with Crippen LogP contribution in [0.3, 0.4) is 0 Å². The highest BCUT2D eigenvalue weighted by Gasteiger charge is 2.06. The largest absolute Gasteiger partial charge is 0.378 e. The molecule has 0 saturated carbocycles. The molecule has 1 heterocycles. The number of halogens is 1. The fraction of sp³-hybridized carbons (Fsp3) is 0.133. The summed E-state index contributed by atoms with van der Waals surface area (Å²) in [4.78, 5) is 4.30. The van der Waals surface area contributed by atoms with Gasteiger partial charge in [-0.15, -0.1) is 11.3 Å². The van der Waals surface area contributed by atoms with E-state index in [1.165, 1.54) is 13.8 Å². The van der Waals surface area contributed by atoms with Crippen molar-refractivity contribution in [1.29, 1.82) is 0 Å². The van der Waals surface area contributed by atoms with Crippen LogP contribution in [0.2, 0.25) is 0 Å². The molecule has 0 aliphatic rings. The number of hydrogen-bond acceptors (Lipinski definition) is 3. The number of rotatable bonds is 3. The molecule has 1 unspecified atom stereocenters. The Hall–Kier alpha value is -1.14. The average molecular weight is 380 g/mol. The molecule has 3 aromatic rings. The van der Waals surface area contributed by atoms with Gasteiger partial charge in [-0.25, -0.2) is 4.98 Å². The summed E-state index contributed by atoms with van der Waals surface area (Å²) >= 11 is 4.00. The van der Waals surface area contributed by atoms with E-state index >= 15 is 0 Å². The lowest BCUT2D eigenvalue weighted by Crippen LogP contribution is -2.06. The summed E-state index contributed by atoms with van der Waals surface area (Å²) in [5.74, 6) is 0. The predicted molar refractivity (Wildman–Crippen MR) is 90.8 cm³/mol. The van der Waals surface area contributed by atoms with E-state index in [0.717, 1.165) is 11.2 Å². The molecule has 0 fully saturated rings. The van der Waals surface area contributed by atoms with Crippen molar-refractivity contribution < 1.29 is 0 Å². The molecule has 4 heteroatoms. The number of anilines is 1. The lowest BCUT2D eigenvalue weighted by atomic mass is 10.1. The Balaban J connectivity index is 1.81. The molecule has 1 N–H and O–H groups in total. The van der Waals surface area contributed by atoms with Crippen LogP contribution in [-0.4, -0.2) is 4.98 Å². The van der Waals surface area contributed by atoms with Gasteiger partial charge in [-0.2, -0.15) is 0 Å². The van der Waals surface area contributed by atoms with Crippen molar-refractivity contribution in [2.24, 2.45) is 0 Å². The molecule has 2 aromatic carbocycles. The molecule has 0 aliphatic heterocycles. The van der Waals surface area contributed by atoms with Crippen LogP contribution >= 0.6 is 33.9 Å². The number of fused-ring (bicyclic) bond motifs is 1. The Morgan fingerprint density at radius 3 is 2.74 bits per heavy atom. The fourth-order valence-corrected chi connectivity index (χ4v) is 3.11. The smallest absolute Gasteiger partial charge is 0.0813 e. The first-order valence-corrected chi connectivity index (χ1v) is 8.03. The molecule has 19 heavy (non-hydrogen) atoms. The number of thiazole rings is 1. The first-order valence-electron chi connectivity index (χ1n) is 6.07. The van der Waals surface area contributed by atoms with Crippen LogP contribution in [0, 0.1) is 3.57 Å². The summed E-state index contributed by atoms with van der Waals surface area (Å²) < 4.78 is 2.49. The highest BCUT2D eigenvalue weighted by Crippen LogP contribution is 2.25. The summed E-state index contributed by atoms with van der Waals surface area (Å²) in [5, 5.41) is 3.54. The van der Waals surface area contributed by atoms with Gasteiger partial charge in [0.05, 0.1) is 15.7 Å². The molecule has 0 bridgehead atoms. The third kappa shape index (κ3) is 2.90. The summed E-state index contributed by atoms with van der Waals surface area (Å²) in [5.41, 5.74) is 5.39. The van der Waals surface area contributed by atoms with E-state index in [1.54, 1.807) is 11.3 Å². The second-order valence-electron chi connectivity index (χ2n) is 4.45. The van der Waals surface area contributed by atoms with E-state index in [9.17, 15) is 0 Å². The van der Waals surface area contributed by atoms with Crippen molar-refractivity contribution in [2.45, 2.75) is 13.0 Å². The Morgan fingerprint density at radius 1 is 1.16 bits per heavy atom. The Kier molecular flexibility index (Phi) is 3.70. The number of hydrogen-bond donors (Lipinski definition) is 1. The minimum Gasteiger partial charge on any atom is -0.378 e. The standard InChI is InChI=1S/C15H13IN2S/c1-10(11-2-4-12(16)5-3-11)18-13-6-7-14-15(8-13)19-9-17-14/h2-10,18H,1H3. The second kappa shape index (κ2) is 5.46. The summed E-state index contributed by atoms with van der Waals surface area (Å²) in [6, 6.07) is 15.2. The van der Waals surface area contributed by atoms with Gasteiger partial charge in [0.25, 0.3) is 0 Å². The van der Waals surface area contributed by atoms with Crippen molar-refractivity contribution in [1.82, 2.24) is 4.98 Å². The maximum Gasteiger partial charge on any atom is 0.0813 e. The van der Waals surface area contributed by atoms with Crippen LogP contribution in [0.5, 0.6) is 0 Å². The molecular weight excluding hydrogens is 367 g/mol. The number of nitrogens with zero attached hydrogens (tertiary/aromatic N) is 1. The summed E-state index contributed by atoms with van der Waals surface area (Å²) in [6.45, 7) is 2.18. The molecule has 1 atom stereocenters. The number of nitrogens with one attached hydrogen (secondary N) is 1. The SMILES string of the molecule is CC(Nc1ccc2ncsc2c1)c1ccc(I)cc1. The normalized spacial score (nSPS) is 12.5. The molecule has 3 rings (SSSR count). The van der Waals surface area contributed by atoms with Gasteiger partial charge in [-0.1, -0.05) is 12.1 Å². The van der Waals surface area contributed by atoms with E-state index in [4.69, 9.17) is 0 Å². The lowest BCUT2D eigenvalue weighted by Gasteiger charge is -2.15. The van der Waals surface area contributed by atoms with Gasteiger partial charge >= 0.3 is 0 Å². The van der Waals surface area contributed by atoms with E-state index < -0.39 is 0 Å². The first-order chi connectivity index (χ1) is 9.22. The molecule has 0 amide bonds. The van der Waals surface area contributed by atoms with Crippen LogP contribution in [0.4, 0.5) is 5.69 Å². The Labute approximate surface area is 130 Å². The minimum atomic E-state index is 0.294. The van der Waals surface area contributed by atoms with Gasteiger partial charge in [-0.3, -0.25) is 0 Å². The molecule has 1 aromatic heterocycles. The van der Waals surface area contributed by atoms with Crippen LogP contribution in [0.25, 0.3) is 10.2 Å². The van der Waals surface area contributed by atoms with Crippen LogP contribution in [-0.2, 0) is 0 Å². The van der Waals surface area contributed by atoms with Crippen molar-refractivity contribution in [3.05, 3.63) is 57.1 Å². The number of aromatic nitrogens is 1. The fourth-order valence-electron chi connectivity index (χ4n) is 2.03. The predicted octanol–water partition coefficient (Wildman–Crippen LogP) is 5.07. The van der Waals surface area contributed by atoms with Crippen molar-refractivity contribution in [3.8, 4) is 0 Å². The van der Waals surface area contributed by atoms with Crippen LogP contribution < -0.4 is 5.32 Å². The van der Waals surface area contributed by atoms with Crippen LogP contribution in [0.15, 0.2) is 48.0 Å². The monoisotopic (exact) mass is 380 g/mol. The zero-order valence-corrected chi connectivity index (χ0v) is 13.4. The maximum absolute atomic E-state index is 4.30. The van der Waals surface area contributed by atoms with Crippen molar-refractivity contribution >= 4 is 49.8 Å². The van der Waals surface area contributed by atoms with Gasteiger partial charge in [0, 0.05) is 15.3 Å². The van der Waals surface area contributed by atoms with Gasteiger partial charge < -0.3 is 5.32 Å². The van der Waals surface area contributed by atoms with Crippen molar-refractivity contribution in [2.75, 3.05) is 5.32 Å². The molecule has 0 saturated heterocycles. The Morgan fingerprint density at radius 2 is 1.95 bits per heavy atom. The highest BCUT2D eigenvalue weighted by molar-refractivity contribution is 14.1. The van der Waals surface area contributed by atoms with E-state index in [1.807, 2.05) is 5.51 Å². The van der Waals surface area contributed by atoms with Crippen molar-refractivity contribution in [3.63, 3.8) is 0 Å². The zero-order valence-electron chi connectivity index (χ0n) is 10.4. The Bertz CT molecular complexity index is 691. The lowest BCUT2D eigenvalue weighted by molar-refractivity contribution is 0.885. The van der Waals surface area contributed by atoms with E-state index in [2.05, 4.69) is 82.3 Å². The minimum absolute atomic E-state index is 0.294. The maximum atomic E-state index is 4.30. The molecular formula is C15H13IN2S. The third-order valence-electron chi connectivity index (χ3n) is 3.08. The average Bonchev–Trinajstić information content (AvgIpc) is 2.87. The molecule has 0 spiro atoms. The zero-order chi connectivity index (χ0) is 13.2. The third-order valence-corrected chi connectivity index (χ3v) is 4.60. The van der Waals surface area contributed by atoms with Gasteiger partial charge in [0.1, 0.15) is 0 Å². The molecule has 96 valence electrons. The highest BCUT2D eigenvalue weighted by atomic mass is 127. The van der Waals surface area contributed by atoms with Gasteiger partial charge in [-0.05, 0) is 65.4 Å². The molecule has 0 radical (unpaired) electrons. The summed E-state index contributed by atoms with van der Waals surface area (Å²) in [6.07, 6.45) is 0. The summed E-state index contributed by atoms with van der Waals surface area (Å²) in [7, 11) is 0. The molecule has 0 aliphatic carbocycles. The molecule has 2 nitrogen and oxygen atoms in total. The quantitative estimate of drug-likeness (QED) is 0.642.